The average Bonchev–Trinajstić information content (AvgIpc) is 3.11. The van der Waals surface area contributed by atoms with Crippen molar-refractivity contribution >= 4 is 11.6 Å². The zero-order valence-electron chi connectivity index (χ0n) is 10.6. The second-order valence-corrected chi connectivity index (χ2v) is 4.81. The van der Waals surface area contributed by atoms with Crippen molar-refractivity contribution in [2.45, 2.75) is 12.6 Å². The minimum Gasteiger partial charge on any atom is -0.318 e. The van der Waals surface area contributed by atoms with E-state index in [0.29, 0.717) is 23.2 Å². The molecule has 0 aliphatic rings. The third kappa shape index (κ3) is 2.71. The Hall–Kier alpha value is -2.18. The van der Waals surface area contributed by atoms with Gasteiger partial charge in [0.25, 0.3) is 0 Å². The smallest absolute Gasteiger partial charge is 0.171 e. The van der Waals surface area contributed by atoms with Gasteiger partial charge in [-0.3, -0.25) is 9.78 Å². The second-order valence-electron chi connectivity index (χ2n) is 4.37. The lowest BCUT2D eigenvalue weighted by molar-refractivity contribution is 0.656. The molecule has 0 saturated heterocycles. The summed E-state index contributed by atoms with van der Waals surface area (Å²) in [6, 6.07) is 8.82. The van der Waals surface area contributed by atoms with Crippen molar-refractivity contribution in [3.63, 3.8) is 0 Å². The van der Waals surface area contributed by atoms with Gasteiger partial charge in [-0.15, -0.1) is 0 Å². The summed E-state index contributed by atoms with van der Waals surface area (Å²) >= 11 is 5.86. The first kappa shape index (κ1) is 12.8. The van der Waals surface area contributed by atoms with Gasteiger partial charge in [0.1, 0.15) is 12.4 Å². The van der Waals surface area contributed by atoms with Crippen LogP contribution >= 0.6 is 11.6 Å². The molecule has 2 heterocycles. The molecule has 3 rings (SSSR count). The standard InChI is InChI=1S/C13H13ClN6/c14-10-4-2-9(3-5-10)12(15)13-17-11(18-19-13)8-20-7-1-6-16-20/h1-7,12H,8,15H2,(H,17,18,19). The molecule has 3 N–H and O–H groups in total. The molecule has 3 aromatic rings. The maximum atomic E-state index is 6.14. The number of aromatic nitrogens is 5. The molecule has 0 aliphatic heterocycles. The van der Waals surface area contributed by atoms with Gasteiger partial charge in [0.05, 0.1) is 6.04 Å². The van der Waals surface area contributed by atoms with E-state index in [0.717, 1.165) is 5.56 Å². The van der Waals surface area contributed by atoms with E-state index in [-0.39, 0.29) is 6.04 Å². The number of hydrogen-bond donors (Lipinski definition) is 2. The summed E-state index contributed by atoms with van der Waals surface area (Å²) < 4.78 is 1.76. The molecule has 7 heteroatoms. The lowest BCUT2D eigenvalue weighted by Crippen LogP contribution is -2.13. The van der Waals surface area contributed by atoms with E-state index in [1.54, 1.807) is 23.0 Å². The lowest BCUT2D eigenvalue weighted by Gasteiger charge is -2.07. The number of hydrogen-bond acceptors (Lipinski definition) is 4. The molecule has 1 unspecified atom stereocenters. The fraction of sp³-hybridized carbons (Fsp3) is 0.154. The molecule has 2 aromatic heterocycles. The molecule has 20 heavy (non-hydrogen) atoms. The van der Waals surface area contributed by atoms with Gasteiger partial charge in [-0.25, -0.2) is 4.98 Å². The molecule has 0 bridgehead atoms. The van der Waals surface area contributed by atoms with Crippen LogP contribution in [0.15, 0.2) is 42.7 Å². The molecule has 6 nitrogen and oxygen atoms in total. The quantitative estimate of drug-likeness (QED) is 0.766. The van der Waals surface area contributed by atoms with Crippen LogP contribution in [-0.2, 0) is 6.54 Å². The fourth-order valence-electron chi connectivity index (χ4n) is 1.89. The van der Waals surface area contributed by atoms with Crippen LogP contribution in [0.25, 0.3) is 0 Å². The highest BCUT2D eigenvalue weighted by Gasteiger charge is 2.14. The summed E-state index contributed by atoms with van der Waals surface area (Å²) in [6.07, 6.45) is 3.58. The number of benzene rings is 1. The summed E-state index contributed by atoms with van der Waals surface area (Å²) in [6.45, 7) is 0.535. The molecule has 0 amide bonds. The molecule has 0 fully saturated rings. The Morgan fingerprint density at radius 3 is 2.80 bits per heavy atom. The number of nitrogens with two attached hydrogens (primary N) is 1. The molecule has 102 valence electrons. The number of nitrogens with zero attached hydrogens (tertiary/aromatic N) is 4. The normalized spacial score (nSPS) is 12.5. The predicted molar refractivity (Wildman–Crippen MR) is 75.2 cm³/mol. The predicted octanol–water partition coefficient (Wildman–Crippen LogP) is 1.75. The van der Waals surface area contributed by atoms with Crippen molar-refractivity contribution in [2.24, 2.45) is 5.73 Å². The van der Waals surface area contributed by atoms with E-state index in [1.807, 2.05) is 24.4 Å². The van der Waals surface area contributed by atoms with Gasteiger partial charge in [0, 0.05) is 17.4 Å². The number of H-pyrrole nitrogens is 1. The van der Waals surface area contributed by atoms with Crippen molar-refractivity contribution in [2.75, 3.05) is 0 Å². The Kier molecular flexibility index (Phi) is 3.49. The molecule has 0 saturated carbocycles. The summed E-state index contributed by atoms with van der Waals surface area (Å²) in [5.74, 6) is 1.27. The first-order chi connectivity index (χ1) is 9.72. The van der Waals surface area contributed by atoms with Gasteiger partial charge in [-0.1, -0.05) is 23.7 Å². The van der Waals surface area contributed by atoms with Gasteiger partial charge in [-0.2, -0.15) is 10.2 Å². The highest BCUT2D eigenvalue weighted by atomic mass is 35.5. The monoisotopic (exact) mass is 288 g/mol. The third-order valence-corrected chi connectivity index (χ3v) is 3.18. The molecule has 1 aromatic carbocycles. The summed E-state index contributed by atoms with van der Waals surface area (Å²) in [7, 11) is 0. The third-order valence-electron chi connectivity index (χ3n) is 2.93. The van der Waals surface area contributed by atoms with Crippen LogP contribution < -0.4 is 5.73 Å². The number of aromatic amines is 1. The Morgan fingerprint density at radius 1 is 1.30 bits per heavy atom. The maximum Gasteiger partial charge on any atom is 0.171 e. The van der Waals surface area contributed by atoms with Gasteiger partial charge >= 0.3 is 0 Å². The Balaban J connectivity index is 1.77. The largest absolute Gasteiger partial charge is 0.318 e. The maximum absolute atomic E-state index is 6.14. The van der Waals surface area contributed by atoms with Crippen molar-refractivity contribution in [3.05, 3.63) is 65.0 Å². The van der Waals surface area contributed by atoms with Crippen LogP contribution in [0.5, 0.6) is 0 Å². The molecule has 0 radical (unpaired) electrons. The van der Waals surface area contributed by atoms with Crippen molar-refractivity contribution in [3.8, 4) is 0 Å². The first-order valence-corrected chi connectivity index (χ1v) is 6.50. The van der Waals surface area contributed by atoms with Crippen LogP contribution in [-0.4, -0.2) is 25.0 Å². The van der Waals surface area contributed by atoms with Gasteiger partial charge in [0.15, 0.2) is 5.82 Å². The molecule has 0 spiro atoms. The van der Waals surface area contributed by atoms with Gasteiger partial charge in [-0.05, 0) is 23.8 Å². The number of halogens is 1. The zero-order chi connectivity index (χ0) is 13.9. The first-order valence-electron chi connectivity index (χ1n) is 6.12. The van der Waals surface area contributed by atoms with Crippen LogP contribution in [0.1, 0.15) is 23.3 Å². The van der Waals surface area contributed by atoms with E-state index >= 15 is 0 Å². The average molecular weight is 289 g/mol. The number of rotatable bonds is 4. The fourth-order valence-corrected chi connectivity index (χ4v) is 2.01. The second kappa shape index (κ2) is 5.44. The highest BCUT2D eigenvalue weighted by Crippen LogP contribution is 2.18. The molecule has 1 atom stereocenters. The summed E-state index contributed by atoms with van der Waals surface area (Å²) in [5.41, 5.74) is 7.06. The van der Waals surface area contributed by atoms with Crippen LogP contribution in [0.4, 0.5) is 0 Å². The van der Waals surface area contributed by atoms with Crippen molar-refractivity contribution in [1.29, 1.82) is 0 Å². The van der Waals surface area contributed by atoms with Gasteiger partial charge in [0.2, 0.25) is 0 Å². The topological polar surface area (TPSA) is 85.4 Å². The minimum absolute atomic E-state index is 0.380. The molecular weight excluding hydrogens is 276 g/mol. The minimum atomic E-state index is -0.380. The lowest BCUT2D eigenvalue weighted by atomic mass is 10.1. The van der Waals surface area contributed by atoms with E-state index in [9.17, 15) is 0 Å². The number of nitrogens with one attached hydrogen (secondary N) is 1. The summed E-state index contributed by atoms with van der Waals surface area (Å²) in [4.78, 5) is 4.40. The van der Waals surface area contributed by atoms with E-state index < -0.39 is 0 Å². The highest BCUT2D eigenvalue weighted by molar-refractivity contribution is 6.30. The van der Waals surface area contributed by atoms with E-state index in [2.05, 4.69) is 20.3 Å². The van der Waals surface area contributed by atoms with Gasteiger partial charge < -0.3 is 5.73 Å². The van der Waals surface area contributed by atoms with Crippen LogP contribution in [0.3, 0.4) is 0 Å². The van der Waals surface area contributed by atoms with E-state index in [1.165, 1.54) is 0 Å². The Bertz CT molecular complexity index is 673. The van der Waals surface area contributed by atoms with Crippen molar-refractivity contribution < 1.29 is 0 Å². The van der Waals surface area contributed by atoms with Crippen LogP contribution in [0.2, 0.25) is 5.02 Å². The van der Waals surface area contributed by atoms with Crippen molar-refractivity contribution in [1.82, 2.24) is 25.0 Å². The molecular formula is C13H13ClN6. The molecule has 0 aliphatic carbocycles. The SMILES string of the molecule is NC(c1ccc(Cl)cc1)c1n[nH]c(Cn2cccn2)n1. The Labute approximate surface area is 120 Å². The Morgan fingerprint density at radius 2 is 2.10 bits per heavy atom. The van der Waals surface area contributed by atoms with E-state index in [4.69, 9.17) is 17.3 Å². The summed E-state index contributed by atoms with van der Waals surface area (Å²) in [5, 5.41) is 11.8. The van der Waals surface area contributed by atoms with Crippen LogP contribution in [0, 0.1) is 0 Å². The zero-order valence-corrected chi connectivity index (χ0v) is 11.3.